The van der Waals surface area contributed by atoms with E-state index < -0.39 is 9.84 Å². The summed E-state index contributed by atoms with van der Waals surface area (Å²) in [7, 11) is -3.03. The lowest BCUT2D eigenvalue weighted by molar-refractivity contribution is 0.261. The van der Waals surface area contributed by atoms with Gasteiger partial charge < -0.3 is 0 Å². The number of hydrogen-bond donors (Lipinski definition) is 0. The molecule has 0 radical (unpaired) electrons. The van der Waals surface area contributed by atoms with Crippen LogP contribution in [0.5, 0.6) is 0 Å². The van der Waals surface area contributed by atoms with Crippen LogP contribution in [0.2, 0.25) is 0 Å². The number of hydrogen-bond acceptors (Lipinski definition) is 6. The highest BCUT2D eigenvalue weighted by Gasteiger charge is 2.33. The first-order valence-corrected chi connectivity index (χ1v) is 10.4. The van der Waals surface area contributed by atoms with Crippen LogP contribution in [0.1, 0.15) is 17.6 Å². The first-order chi connectivity index (χ1) is 9.06. The second-order valence-corrected chi connectivity index (χ2v) is 9.12. The smallest absolute Gasteiger partial charge is 0.166 e. The summed E-state index contributed by atoms with van der Waals surface area (Å²) in [4.78, 5) is 6.44. The van der Waals surface area contributed by atoms with Gasteiger partial charge in [-0.1, -0.05) is 6.92 Å². The van der Waals surface area contributed by atoms with E-state index in [0.29, 0.717) is 18.2 Å². The first kappa shape index (κ1) is 15.6. The largest absolute Gasteiger partial charge is 0.279 e. The van der Waals surface area contributed by atoms with Gasteiger partial charge >= 0.3 is 0 Å². The maximum Gasteiger partial charge on any atom is 0.166 e. The lowest BCUT2D eigenvalue weighted by atomic mass is 10.4. The van der Waals surface area contributed by atoms with Crippen LogP contribution < -0.4 is 0 Å². The molecule has 0 aromatic carbocycles. The molecule has 0 N–H and O–H groups in total. The van der Waals surface area contributed by atoms with Gasteiger partial charge in [0.1, 0.15) is 10.4 Å². The Labute approximate surface area is 127 Å². The van der Waals surface area contributed by atoms with Gasteiger partial charge in [-0.2, -0.15) is 11.8 Å². The molecule has 1 unspecified atom stereocenters. The molecule has 0 saturated carbocycles. The van der Waals surface area contributed by atoms with Crippen LogP contribution in [0.4, 0.5) is 0 Å². The zero-order chi connectivity index (χ0) is 13.9. The Bertz CT molecular complexity index is 518. The predicted molar refractivity (Wildman–Crippen MR) is 82.7 cm³/mol. The molecule has 1 atom stereocenters. The van der Waals surface area contributed by atoms with E-state index in [1.807, 2.05) is 10.3 Å². The van der Waals surface area contributed by atoms with Crippen molar-refractivity contribution in [2.75, 3.05) is 23.8 Å². The van der Waals surface area contributed by atoms with E-state index in [-0.39, 0.29) is 11.1 Å². The molecule has 0 bridgehead atoms. The molecule has 1 aliphatic heterocycles. The van der Waals surface area contributed by atoms with Gasteiger partial charge in [0.15, 0.2) is 9.84 Å². The van der Waals surface area contributed by atoms with Gasteiger partial charge in [-0.25, -0.2) is 13.4 Å². The normalized spacial score (nSPS) is 21.7. The SMILES string of the molecule is CCS(=O)(=O)C1CSCCN1Cc1nc(CCl)cs1. The van der Waals surface area contributed by atoms with E-state index in [1.165, 1.54) is 0 Å². The van der Waals surface area contributed by atoms with Crippen LogP contribution in [0.15, 0.2) is 5.38 Å². The Hall–Kier alpha value is 0.180. The predicted octanol–water partition coefficient (Wildman–Crippen LogP) is 2.19. The van der Waals surface area contributed by atoms with Gasteiger partial charge in [0, 0.05) is 29.2 Å². The highest BCUT2D eigenvalue weighted by atomic mass is 35.5. The van der Waals surface area contributed by atoms with Crippen molar-refractivity contribution in [3.63, 3.8) is 0 Å². The standard InChI is InChI=1S/C11H17ClN2O2S3/c1-2-19(15,16)11-8-17-4-3-14(11)6-10-13-9(5-12)7-18-10/h7,11H,2-6,8H2,1H3. The Kier molecular flexibility index (Phi) is 5.54. The summed E-state index contributed by atoms with van der Waals surface area (Å²) in [6, 6.07) is 0. The summed E-state index contributed by atoms with van der Waals surface area (Å²) in [6.07, 6.45) is 0. The quantitative estimate of drug-likeness (QED) is 0.769. The Balaban J connectivity index is 2.11. The molecule has 4 nitrogen and oxygen atoms in total. The molecule has 1 fully saturated rings. The molecule has 0 aliphatic carbocycles. The van der Waals surface area contributed by atoms with Gasteiger partial charge in [-0.15, -0.1) is 22.9 Å². The third-order valence-corrected chi connectivity index (χ3v) is 7.57. The second kappa shape index (κ2) is 6.76. The maximum atomic E-state index is 12.1. The number of aromatic nitrogens is 1. The van der Waals surface area contributed by atoms with Crippen molar-refractivity contribution in [3.8, 4) is 0 Å². The molecule has 1 aliphatic rings. The van der Waals surface area contributed by atoms with Gasteiger partial charge in [-0.05, 0) is 0 Å². The van der Waals surface area contributed by atoms with Crippen LogP contribution in [-0.4, -0.2) is 47.5 Å². The van der Waals surface area contributed by atoms with Crippen molar-refractivity contribution >= 4 is 44.5 Å². The third-order valence-electron chi connectivity index (χ3n) is 3.08. The number of thiazole rings is 1. The molecule has 1 aromatic rings. The molecule has 0 spiro atoms. The van der Waals surface area contributed by atoms with Crippen molar-refractivity contribution in [2.24, 2.45) is 0 Å². The lowest BCUT2D eigenvalue weighted by Gasteiger charge is -2.33. The molecule has 8 heteroatoms. The van der Waals surface area contributed by atoms with Crippen molar-refractivity contribution in [3.05, 3.63) is 16.1 Å². The lowest BCUT2D eigenvalue weighted by Crippen LogP contribution is -2.47. The minimum atomic E-state index is -3.03. The van der Waals surface area contributed by atoms with Gasteiger partial charge in [0.05, 0.1) is 18.1 Å². The summed E-state index contributed by atoms with van der Waals surface area (Å²) in [6.45, 7) is 3.11. The third kappa shape index (κ3) is 3.85. The average molecular weight is 341 g/mol. The van der Waals surface area contributed by atoms with Crippen LogP contribution in [0, 0.1) is 0 Å². The maximum absolute atomic E-state index is 12.1. The highest BCUT2D eigenvalue weighted by Crippen LogP contribution is 2.24. The van der Waals surface area contributed by atoms with Crippen LogP contribution in [-0.2, 0) is 22.3 Å². The Morgan fingerprint density at radius 3 is 3.00 bits per heavy atom. The van der Waals surface area contributed by atoms with Crippen LogP contribution >= 0.6 is 34.7 Å². The van der Waals surface area contributed by atoms with Crippen molar-refractivity contribution in [1.82, 2.24) is 9.88 Å². The zero-order valence-electron chi connectivity index (χ0n) is 10.7. The zero-order valence-corrected chi connectivity index (χ0v) is 13.9. The monoisotopic (exact) mass is 340 g/mol. The number of rotatable bonds is 5. The van der Waals surface area contributed by atoms with E-state index in [9.17, 15) is 8.42 Å². The number of halogens is 1. The number of thioether (sulfide) groups is 1. The topological polar surface area (TPSA) is 50.3 Å². The number of sulfone groups is 1. The highest BCUT2D eigenvalue weighted by molar-refractivity contribution is 8.01. The number of nitrogens with zero attached hydrogens (tertiary/aromatic N) is 2. The molecule has 19 heavy (non-hydrogen) atoms. The molecule has 108 valence electrons. The molecule has 2 heterocycles. The fraction of sp³-hybridized carbons (Fsp3) is 0.727. The summed E-state index contributed by atoms with van der Waals surface area (Å²) >= 11 is 9.00. The summed E-state index contributed by atoms with van der Waals surface area (Å²) in [5, 5.41) is 2.50. The second-order valence-electron chi connectivity index (χ2n) is 4.32. The Morgan fingerprint density at radius 2 is 2.37 bits per heavy atom. The fourth-order valence-electron chi connectivity index (χ4n) is 1.98. The van der Waals surface area contributed by atoms with E-state index in [2.05, 4.69) is 4.98 Å². The fourth-order valence-corrected chi connectivity index (χ4v) is 6.10. The summed E-state index contributed by atoms with van der Waals surface area (Å²) < 4.78 is 24.2. The average Bonchev–Trinajstić information content (AvgIpc) is 2.87. The Morgan fingerprint density at radius 1 is 1.58 bits per heavy atom. The summed E-state index contributed by atoms with van der Waals surface area (Å²) in [5.41, 5.74) is 0.864. The molecule has 1 saturated heterocycles. The molecule has 2 rings (SSSR count). The van der Waals surface area contributed by atoms with Gasteiger partial charge in [-0.3, -0.25) is 4.90 Å². The van der Waals surface area contributed by atoms with E-state index in [0.717, 1.165) is 23.0 Å². The van der Waals surface area contributed by atoms with Crippen molar-refractivity contribution in [1.29, 1.82) is 0 Å². The van der Waals surface area contributed by atoms with Crippen molar-refractivity contribution in [2.45, 2.75) is 24.7 Å². The summed E-state index contributed by atoms with van der Waals surface area (Å²) in [5.74, 6) is 2.23. The van der Waals surface area contributed by atoms with Crippen LogP contribution in [0.25, 0.3) is 0 Å². The molecular formula is C11H17ClN2O2S3. The van der Waals surface area contributed by atoms with Gasteiger partial charge in [0.2, 0.25) is 0 Å². The van der Waals surface area contributed by atoms with E-state index in [4.69, 9.17) is 11.6 Å². The minimum absolute atomic E-state index is 0.194. The first-order valence-electron chi connectivity index (χ1n) is 6.09. The van der Waals surface area contributed by atoms with Crippen molar-refractivity contribution < 1.29 is 8.42 Å². The molecular weight excluding hydrogens is 324 g/mol. The minimum Gasteiger partial charge on any atom is -0.279 e. The molecule has 0 amide bonds. The van der Waals surface area contributed by atoms with Crippen LogP contribution in [0.3, 0.4) is 0 Å². The number of alkyl halides is 1. The van der Waals surface area contributed by atoms with E-state index in [1.54, 1.807) is 30.0 Å². The molecule has 1 aromatic heterocycles. The van der Waals surface area contributed by atoms with E-state index >= 15 is 0 Å². The van der Waals surface area contributed by atoms with Gasteiger partial charge in [0.25, 0.3) is 0 Å².